The first-order chi connectivity index (χ1) is 10.9. The molecule has 0 bridgehead atoms. The van der Waals surface area contributed by atoms with Gasteiger partial charge in [0.1, 0.15) is 6.04 Å². The van der Waals surface area contributed by atoms with Crippen molar-refractivity contribution >= 4 is 21.7 Å². The number of rotatable bonds is 2. The van der Waals surface area contributed by atoms with Crippen molar-refractivity contribution in [2.24, 2.45) is 0 Å². The van der Waals surface area contributed by atoms with Crippen molar-refractivity contribution in [3.63, 3.8) is 0 Å². The van der Waals surface area contributed by atoms with Crippen molar-refractivity contribution in [3.05, 3.63) is 35.4 Å². The van der Waals surface area contributed by atoms with E-state index < -0.39 is 15.9 Å². The second-order valence-corrected chi connectivity index (χ2v) is 8.47. The summed E-state index contributed by atoms with van der Waals surface area (Å²) in [6.45, 7) is 1.86. The molecule has 2 aliphatic rings. The van der Waals surface area contributed by atoms with Gasteiger partial charge in [-0.05, 0) is 17.5 Å². The van der Waals surface area contributed by atoms with Crippen LogP contribution >= 0.6 is 0 Å². The summed E-state index contributed by atoms with van der Waals surface area (Å²) in [4.78, 5) is 26.1. The number of fused-ring (bicyclic) bond motifs is 1. The number of nitrogens with zero attached hydrogens (tertiary/aromatic N) is 1. The van der Waals surface area contributed by atoms with Crippen molar-refractivity contribution in [1.29, 1.82) is 0 Å². The number of sulfone groups is 1. The first kappa shape index (κ1) is 16.0. The fourth-order valence-electron chi connectivity index (χ4n) is 3.29. The molecule has 6 nitrogen and oxygen atoms in total. The molecule has 1 N–H and O–H groups in total. The monoisotopic (exact) mass is 336 g/mol. The van der Waals surface area contributed by atoms with E-state index in [1.807, 2.05) is 24.3 Å². The van der Waals surface area contributed by atoms with E-state index in [1.165, 1.54) is 6.92 Å². The normalized spacial score (nSPS) is 25.7. The van der Waals surface area contributed by atoms with Gasteiger partial charge in [-0.25, -0.2) is 8.42 Å². The van der Waals surface area contributed by atoms with Crippen LogP contribution in [0.3, 0.4) is 0 Å². The maximum atomic E-state index is 12.6. The van der Waals surface area contributed by atoms with Gasteiger partial charge in [0.05, 0.1) is 11.5 Å². The Morgan fingerprint density at radius 2 is 1.91 bits per heavy atom. The molecule has 2 aliphatic heterocycles. The molecule has 2 amide bonds. The smallest absolute Gasteiger partial charge is 0.243 e. The average Bonchev–Trinajstić information content (AvgIpc) is 2.84. The quantitative estimate of drug-likeness (QED) is 0.840. The molecule has 7 heteroatoms. The molecule has 0 radical (unpaired) electrons. The number of amides is 2. The van der Waals surface area contributed by atoms with Gasteiger partial charge in [-0.3, -0.25) is 9.59 Å². The second kappa shape index (κ2) is 5.96. The lowest BCUT2D eigenvalue weighted by Crippen LogP contribution is -2.54. The molecular formula is C16H20N2O4S. The minimum atomic E-state index is -3.05. The zero-order valence-corrected chi connectivity index (χ0v) is 13.8. The minimum Gasteiger partial charge on any atom is -0.351 e. The van der Waals surface area contributed by atoms with E-state index in [2.05, 4.69) is 5.32 Å². The first-order valence-corrected chi connectivity index (χ1v) is 9.52. The first-order valence-electron chi connectivity index (χ1n) is 7.70. The van der Waals surface area contributed by atoms with E-state index in [1.54, 1.807) is 4.90 Å². The summed E-state index contributed by atoms with van der Waals surface area (Å²) in [7, 11) is -3.05. The van der Waals surface area contributed by atoms with E-state index in [0.717, 1.165) is 11.1 Å². The van der Waals surface area contributed by atoms with Crippen LogP contribution in [0.2, 0.25) is 0 Å². The average molecular weight is 336 g/mol. The minimum absolute atomic E-state index is 0.0118. The molecule has 2 atom stereocenters. The van der Waals surface area contributed by atoms with Gasteiger partial charge in [-0.15, -0.1) is 0 Å². The van der Waals surface area contributed by atoms with Crippen LogP contribution in [0.15, 0.2) is 24.3 Å². The Kier molecular flexibility index (Phi) is 4.14. The highest BCUT2D eigenvalue weighted by atomic mass is 32.2. The van der Waals surface area contributed by atoms with Crippen LogP contribution < -0.4 is 5.32 Å². The lowest BCUT2D eigenvalue weighted by atomic mass is 9.93. The molecule has 23 heavy (non-hydrogen) atoms. The van der Waals surface area contributed by atoms with Crippen LogP contribution in [0.25, 0.3) is 0 Å². The van der Waals surface area contributed by atoms with E-state index in [0.29, 0.717) is 19.4 Å². The molecule has 0 saturated carbocycles. The van der Waals surface area contributed by atoms with Crippen LogP contribution in [0.4, 0.5) is 0 Å². The molecule has 1 saturated heterocycles. The molecule has 0 spiro atoms. The number of hydrogen-bond donors (Lipinski definition) is 1. The molecule has 0 aromatic heterocycles. The van der Waals surface area contributed by atoms with E-state index in [9.17, 15) is 18.0 Å². The summed E-state index contributed by atoms with van der Waals surface area (Å²) < 4.78 is 23.0. The third kappa shape index (κ3) is 3.39. The maximum absolute atomic E-state index is 12.6. The second-order valence-electron chi connectivity index (χ2n) is 6.24. The van der Waals surface area contributed by atoms with Gasteiger partial charge in [-0.1, -0.05) is 24.3 Å². The van der Waals surface area contributed by atoms with E-state index in [-0.39, 0.29) is 29.4 Å². The topological polar surface area (TPSA) is 83.6 Å². The summed E-state index contributed by atoms with van der Waals surface area (Å²) in [5, 5.41) is 2.81. The maximum Gasteiger partial charge on any atom is 0.243 e. The van der Waals surface area contributed by atoms with Crippen molar-refractivity contribution in [3.8, 4) is 0 Å². The number of carbonyl (C=O) groups excluding carboxylic acids is 2. The van der Waals surface area contributed by atoms with Crippen LogP contribution in [0.1, 0.15) is 24.5 Å². The van der Waals surface area contributed by atoms with Gasteiger partial charge in [0.15, 0.2) is 9.84 Å². The van der Waals surface area contributed by atoms with E-state index >= 15 is 0 Å². The Hall–Kier alpha value is -1.89. The molecule has 2 heterocycles. The Balaban J connectivity index is 1.77. The number of carbonyl (C=O) groups is 2. The van der Waals surface area contributed by atoms with Gasteiger partial charge in [0.25, 0.3) is 0 Å². The zero-order chi connectivity index (χ0) is 16.6. The van der Waals surface area contributed by atoms with Crippen LogP contribution in [0.5, 0.6) is 0 Å². The van der Waals surface area contributed by atoms with Gasteiger partial charge >= 0.3 is 0 Å². The van der Waals surface area contributed by atoms with Crippen molar-refractivity contribution in [2.45, 2.75) is 38.4 Å². The van der Waals surface area contributed by atoms with Gasteiger partial charge in [-0.2, -0.15) is 0 Å². The SMILES string of the molecule is CC(=O)N1Cc2ccccc2C[C@H]1C(=O)N[C@H]1CCS(=O)(=O)C1. The highest BCUT2D eigenvalue weighted by Crippen LogP contribution is 2.24. The van der Waals surface area contributed by atoms with Crippen LogP contribution in [0, 0.1) is 0 Å². The Bertz CT molecular complexity index is 744. The molecule has 1 aromatic carbocycles. The molecule has 0 unspecified atom stereocenters. The van der Waals surface area contributed by atoms with Gasteiger partial charge in [0.2, 0.25) is 11.8 Å². The molecule has 3 rings (SSSR count). The summed E-state index contributed by atoms with van der Waals surface area (Å²) in [5.74, 6) is -0.320. The lowest BCUT2D eigenvalue weighted by molar-refractivity contribution is -0.140. The molecule has 124 valence electrons. The number of benzene rings is 1. The molecule has 1 aromatic rings. The van der Waals surface area contributed by atoms with E-state index in [4.69, 9.17) is 0 Å². The molecule has 1 fully saturated rings. The fraction of sp³-hybridized carbons (Fsp3) is 0.500. The number of hydrogen-bond acceptors (Lipinski definition) is 4. The van der Waals surface area contributed by atoms with Gasteiger partial charge in [0, 0.05) is 25.9 Å². The third-order valence-corrected chi connectivity index (χ3v) is 6.30. The Morgan fingerprint density at radius 1 is 1.22 bits per heavy atom. The zero-order valence-electron chi connectivity index (χ0n) is 13.0. The Morgan fingerprint density at radius 3 is 2.52 bits per heavy atom. The van der Waals surface area contributed by atoms with Crippen molar-refractivity contribution in [1.82, 2.24) is 10.2 Å². The standard InChI is InChI=1S/C16H20N2O4S/c1-11(19)18-9-13-5-3-2-4-12(13)8-15(18)16(20)17-14-6-7-23(21,22)10-14/h2-5,14-15H,6-10H2,1H3,(H,17,20)/t14-,15-/m0/s1. The summed E-state index contributed by atoms with van der Waals surface area (Å²) >= 11 is 0. The van der Waals surface area contributed by atoms with Gasteiger partial charge < -0.3 is 10.2 Å². The summed E-state index contributed by atoms with van der Waals surface area (Å²) in [6.07, 6.45) is 0.901. The predicted molar refractivity (Wildman–Crippen MR) is 85.4 cm³/mol. The van der Waals surface area contributed by atoms with Crippen molar-refractivity contribution < 1.29 is 18.0 Å². The van der Waals surface area contributed by atoms with Crippen LogP contribution in [-0.2, 0) is 32.4 Å². The lowest BCUT2D eigenvalue weighted by Gasteiger charge is -2.35. The number of nitrogens with one attached hydrogen (secondary N) is 1. The summed E-state index contributed by atoms with van der Waals surface area (Å²) in [5.41, 5.74) is 2.11. The molecular weight excluding hydrogens is 316 g/mol. The largest absolute Gasteiger partial charge is 0.351 e. The Labute approximate surface area is 135 Å². The molecule has 0 aliphatic carbocycles. The summed E-state index contributed by atoms with van der Waals surface area (Å²) in [6, 6.07) is 6.83. The predicted octanol–water partition coefficient (Wildman–Crippen LogP) is 0.263. The highest BCUT2D eigenvalue weighted by molar-refractivity contribution is 7.91. The third-order valence-electron chi connectivity index (χ3n) is 4.53. The van der Waals surface area contributed by atoms with Crippen LogP contribution in [-0.4, -0.2) is 48.7 Å². The highest BCUT2D eigenvalue weighted by Gasteiger charge is 2.36. The van der Waals surface area contributed by atoms with Crippen molar-refractivity contribution in [2.75, 3.05) is 11.5 Å². The fourth-order valence-corrected chi connectivity index (χ4v) is 4.97.